The van der Waals surface area contributed by atoms with Gasteiger partial charge in [0, 0.05) is 39.3 Å². The van der Waals surface area contributed by atoms with Gasteiger partial charge in [-0.15, -0.1) is 0 Å². The van der Waals surface area contributed by atoms with Gasteiger partial charge in [0.05, 0.1) is 19.3 Å². The van der Waals surface area contributed by atoms with Gasteiger partial charge in [-0.1, -0.05) is 18.2 Å². The summed E-state index contributed by atoms with van der Waals surface area (Å²) in [6, 6.07) is 12.0. The third kappa shape index (κ3) is 6.04. The van der Waals surface area contributed by atoms with Crippen LogP contribution in [0.1, 0.15) is 18.4 Å². The molecule has 2 unspecified atom stereocenters. The smallest absolute Gasteiger partial charge is 0.265 e. The molecular formula is C26H31FN2O6. The number of morpholine rings is 1. The van der Waals surface area contributed by atoms with E-state index in [1.165, 1.54) is 6.07 Å². The van der Waals surface area contributed by atoms with Crippen molar-refractivity contribution in [2.45, 2.75) is 31.6 Å². The topological polar surface area (TPSA) is 69.7 Å². The number of rotatable bonds is 9. The molecule has 0 N–H and O–H groups in total. The van der Waals surface area contributed by atoms with Crippen LogP contribution in [-0.2, 0) is 20.8 Å². The Morgan fingerprint density at radius 3 is 2.74 bits per heavy atom. The van der Waals surface area contributed by atoms with Crippen molar-refractivity contribution in [1.29, 1.82) is 0 Å². The first kappa shape index (κ1) is 23.8. The highest BCUT2D eigenvalue weighted by Gasteiger charge is 2.31. The number of amides is 1. The Morgan fingerprint density at radius 1 is 1.11 bits per heavy atom. The number of halogens is 1. The molecule has 0 aliphatic carbocycles. The molecule has 5 rings (SSSR count). The number of carbonyl (C=O) groups is 1. The van der Waals surface area contributed by atoms with Gasteiger partial charge in [-0.05, 0) is 42.7 Å². The molecule has 3 aliphatic heterocycles. The highest BCUT2D eigenvalue weighted by atomic mass is 19.1. The molecule has 2 fully saturated rings. The first-order chi connectivity index (χ1) is 17.2. The standard InChI is InChI=1S/C26H31FN2O6/c27-21-5-1-2-6-22(21)35-25(26(30)29-9-12-31-13-10-29)17-28(16-20-4-3-11-32-20)15-19-7-8-23-24(14-19)34-18-33-23/h1-2,5-8,14,20,25H,3-4,9-13,15-18H2. The highest BCUT2D eigenvalue weighted by molar-refractivity contribution is 5.81. The Bertz CT molecular complexity index is 1010. The minimum atomic E-state index is -0.875. The van der Waals surface area contributed by atoms with Crippen molar-refractivity contribution in [2.75, 3.05) is 52.8 Å². The molecule has 2 saturated heterocycles. The van der Waals surface area contributed by atoms with Crippen molar-refractivity contribution >= 4 is 5.91 Å². The second-order valence-corrected chi connectivity index (χ2v) is 8.99. The zero-order valence-corrected chi connectivity index (χ0v) is 19.7. The zero-order valence-electron chi connectivity index (χ0n) is 19.7. The molecule has 8 nitrogen and oxygen atoms in total. The van der Waals surface area contributed by atoms with Gasteiger partial charge in [0.25, 0.3) is 5.91 Å². The van der Waals surface area contributed by atoms with E-state index in [-0.39, 0.29) is 24.6 Å². The maximum Gasteiger partial charge on any atom is 0.265 e. The monoisotopic (exact) mass is 486 g/mol. The Balaban J connectivity index is 1.37. The lowest BCUT2D eigenvalue weighted by Gasteiger charge is -2.34. The number of hydrogen-bond donors (Lipinski definition) is 0. The van der Waals surface area contributed by atoms with Crippen molar-refractivity contribution in [3.8, 4) is 17.2 Å². The Hall–Kier alpha value is -2.88. The second-order valence-electron chi connectivity index (χ2n) is 8.99. The van der Waals surface area contributed by atoms with Gasteiger partial charge in [-0.25, -0.2) is 4.39 Å². The summed E-state index contributed by atoms with van der Waals surface area (Å²) in [5, 5.41) is 0. The molecule has 0 bridgehead atoms. The van der Waals surface area contributed by atoms with E-state index < -0.39 is 11.9 Å². The molecule has 0 saturated carbocycles. The first-order valence-corrected chi connectivity index (χ1v) is 12.2. The number of para-hydroxylation sites is 1. The van der Waals surface area contributed by atoms with Gasteiger partial charge in [-0.3, -0.25) is 9.69 Å². The lowest BCUT2D eigenvalue weighted by molar-refractivity contribution is -0.144. The summed E-state index contributed by atoms with van der Waals surface area (Å²) in [7, 11) is 0. The fourth-order valence-corrected chi connectivity index (χ4v) is 4.66. The lowest BCUT2D eigenvalue weighted by atomic mass is 10.1. The van der Waals surface area contributed by atoms with Gasteiger partial charge < -0.3 is 28.6 Å². The summed E-state index contributed by atoms with van der Waals surface area (Å²) in [5.41, 5.74) is 1.02. The van der Waals surface area contributed by atoms with E-state index in [1.807, 2.05) is 18.2 Å². The summed E-state index contributed by atoms with van der Waals surface area (Å²) in [5.74, 6) is 0.846. The largest absolute Gasteiger partial charge is 0.476 e. The molecule has 2 aromatic rings. The quantitative estimate of drug-likeness (QED) is 0.540. The third-order valence-electron chi connectivity index (χ3n) is 6.46. The average Bonchev–Trinajstić information content (AvgIpc) is 3.57. The van der Waals surface area contributed by atoms with Crippen molar-refractivity contribution in [2.24, 2.45) is 0 Å². The van der Waals surface area contributed by atoms with Crippen LogP contribution in [0.5, 0.6) is 17.2 Å². The maximum atomic E-state index is 14.5. The predicted molar refractivity (Wildman–Crippen MR) is 125 cm³/mol. The van der Waals surface area contributed by atoms with Crippen LogP contribution in [0.25, 0.3) is 0 Å². The maximum absolute atomic E-state index is 14.5. The predicted octanol–water partition coefficient (Wildman–Crippen LogP) is 2.84. The van der Waals surface area contributed by atoms with Crippen LogP contribution in [0.3, 0.4) is 0 Å². The van der Waals surface area contributed by atoms with Crippen LogP contribution in [0, 0.1) is 5.82 Å². The molecule has 1 amide bonds. The summed E-state index contributed by atoms with van der Waals surface area (Å²) in [4.78, 5) is 17.4. The average molecular weight is 487 g/mol. The van der Waals surface area contributed by atoms with Crippen LogP contribution in [-0.4, -0.2) is 80.7 Å². The number of nitrogens with zero attached hydrogens (tertiary/aromatic N) is 2. The number of fused-ring (bicyclic) bond motifs is 1. The summed E-state index contributed by atoms with van der Waals surface area (Å²) < 4.78 is 42.8. The van der Waals surface area contributed by atoms with Crippen molar-refractivity contribution in [1.82, 2.24) is 9.80 Å². The van der Waals surface area contributed by atoms with Crippen LogP contribution in [0.2, 0.25) is 0 Å². The molecule has 2 atom stereocenters. The van der Waals surface area contributed by atoms with Crippen LogP contribution in [0.4, 0.5) is 4.39 Å². The number of hydrogen-bond acceptors (Lipinski definition) is 7. The third-order valence-corrected chi connectivity index (χ3v) is 6.46. The van der Waals surface area contributed by atoms with Crippen LogP contribution in [0.15, 0.2) is 42.5 Å². The number of benzene rings is 2. The van der Waals surface area contributed by atoms with E-state index in [0.717, 1.165) is 30.8 Å². The minimum absolute atomic E-state index is 0.0688. The summed E-state index contributed by atoms with van der Waals surface area (Å²) >= 11 is 0. The Morgan fingerprint density at radius 2 is 1.94 bits per heavy atom. The van der Waals surface area contributed by atoms with Crippen LogP contribution < -0.4 is 14.2 Å². The van der Waals surface area contributed by atoms with E-state index in [2.05, 4.69) is 4.90 Å². The summed E-state index contributed by atoms with van der Waals surface area (Å²) in [6.07, 6.45) is 1.19. The SMILES string of the molecule is O=C(C(CN(Cc1ccc2c(c1)OCO2)CC1CCCO1)Oc1ccccc1F)N1CCOCC1. The normalized spacial score (nSPS) is 20.3. The molecule has 9 heteroatoms. The zero-order chi connectivity index (χ0) is 24.0. The molecule has 0 aromatic heterocycles. The fraction of sp³-hybridized carbons (Fsp3) is 0.500. The number of carbonyl (C=O) groups excluding carboxylic acids is 1. The molecular weight excluding hydrogens is 455 g/mol. The molecule has 35 heavy (non-hydrogen) atoms. The van der Waals surface area contributed by atoms with E-state index in [4.69, 9.17) is 23.7 Å². The lowest BCUT2D eigenvalue weighted by Crippen LogP contribution is -2.51. The van der Waals surface area contributed by atoms with Gasteiger partial charge in [0.1, 0.15) is 0 Å². The van der Waals surface area contributed by atoms with E-state index in [9.17, 15) is 9.18 Å². The Labute approximate surface area is 204 Å². The van der Waals surface area contributed by atoms with E-state index in [1.54, 1.807) is 23.1 Å². The second kappa shape index (κ2) is 11.2. The minimum Gasteiger partial charge on any atom is -0.476 e. The van der Waals surface area contributed by atoms with Crippen molar-refractivity contribution in [3.63, 3.8) is 0 Å². The van der Waals surface area contributed by atoms with E-state index >= 15 is 0 Å². The summed E-state index contributed by atoms with van der Waals surface area (Å²) in [6.45, 7) is 4.39. The van der Waals surface area contributed by atoms with Gasteiger partial charge in [0.15, 0.2) is 29.2 Å². The van der Waals surface area contributed by atoms with Crippen molar-refractivity contribution in [3.05, 3.63) is 53.8 Å². The van der Waals surface area contributed by atoms with E-state index in [0.29, 0.717) is 51.7 Å². The highest BCUT2D eigenvalue weighted by Crippen LogP contribution is 2.33. The molecule has 2 aromatic carbocycles. The fourth-order valence-electron chi connectivity index (χ4n) is 4.66. The molecule has 188 valence electrons. The molecule has 0 radical (unpaired) electrons. The van der Waals surface area contributed by atoms with Crippen molar-refractivity contribution < 1.29 is 32.9 Å². The number of ether oxygens (including phenoxy) is 5. The van der Waals surface area contributed by atoms with Gasteiger partial charge >= 0.3 is 0 Å². The van der Waals surface area contributed by atoms with Gasteiger partial charge in [0.2, 0.25) is 6.79 Å². The molecule has 3 heterocycles. The van der Waals surface area contributed by atoms with Crippen LogP contribution >= 0.6 is 0 Å². The van der Waals surface area contributed by atoms with Gasteiger partial charge in [-0.2, -0.15) is 0 Å². The Kier molecular flexibility index (Phi) is 7.66. The molecule has 0 spiro atoms. The first-order valence-electron chi connectivity index (χ1n) is 12.2. The molecule has 3 aliphatic rings.